The molecule has 1 heterocycles. The molecular formula is C4H4BrLiS. The predicted octanol–water partition coefficient (Wildman–Crippen LogP) is 1.86. The monoisotopic (exact) mass is 170 g/mol. The Balaban J connectivity index is 0.000000360. The van der Waals surface area contributed by atoms with E-state index in [0.29, 0.717) is 0 Å². The van der Waals surface area contributed by atoms with Gasteiger partial charge in [0.1, 0.15) is 0 Å². The van der Waals surface area contributed by atoms with E-state index < -0.39 is 0 Å². The van der Waals surface area contributed by atoms with Gasteiger partial charge in [-0.05, 0) is 27.4 Å². The van der Waals surface area contributed by atoms with Gasteiger partial charge in [0.15, 0.2) is 0 Å². The van der Waals surface area contributed by atoms with Crippen molar-refractivity contribution in [2.75, 3.05) is 0 Å². The Hall–Kier alpha value is 0.777. The van der Waals surface area contributed by atoms with Crippen molar-refractivity contribution in [1.82, 2.24) is 0 Å². The summed E-state index contributed by atoms with van der Waals surface area (Å²) in [4.78, 5) is 0. The Morgan fingerprint density at radius 3 is 2.43 bits per heavy atom. The summed E-state index contributed by atoms with van der Waals surface area (Å²) >= 11 is 4.98. The first-order chi connectivity index (χ1) is 2.89. The molecule has 0 N–H and O–H groups in total. The van der Waals surface area contributed by atoms with E-state index in [4.69, 9.17) is 0 Å². The van der Waals surface area contributed by atoms with Crippen LogP contribution in [0, 0.1) is 0 Å². The molecule has 0 aliphatic heterocycles. The molecular weight excluding hydrogens is 167 g/mol. The van der Waals surface area contributed by atoms with E-state index in [9.17, 15) is 0 Å². The molecule has 0 saturated heterocycles. The van der Waals surface area contributed by atoms with Crippen LogP contribution in [0.1, 0.15) is 0 Å². The molecule has 0 aliphatic carbocycles. The standard InChI is InChI=1S/C4H3BrS.Li.H/c5-4-1-2-6-3-4;;/h1-3H;;. The predicted molar refractivity (Wildman–Crippen MR) is 39.2 cm³/mol. The van der Waals surface area contributed by atoms with Crippen molar-refractivity contribution in [3.63, 3.8) is 0 Å². The van der Waals surface area contributed by atoms with Crippen LogP contribution >= 0.6 is 27.3 Å². The molecule has 1 aromatic rings. The molecule has 0 amide bonds. The van der Waals surface area contributed by atoms with E-state index in [2.05, 4.69) is 15.9 Å². The van der Waals surface area contributed by atoms with E-state index in [1.807, 2.05) is 16.8 Å². The molecule has 0 saturated carbocycles. The van der Waals surface area contributed by atoms with Crippen LogP contribution in [-0.2, 0) is 0 Å². The molecule has 3 heteroatoms. The van der Waals surface area contributed by atoms with Crippen molar-refractivity contribution < 1.29 is 0 Å². The third-order valence-electron chi connectivity index (χ3n) is 0.486. The minimum atomic E-state index is 0. The van der Waals surface area contributed by atoms with Gasteiger partial charge in [0.25, 0.3) is 0 Å². The summed E-state index contributed by atoms with van der Waals surface area (Å²) in [6.45, 7) is 0. The van der Waals surface area contributed by atoms with Gasteiger partial charge >= 0.3 is 18.9 Å². The van der Waals surface area contributed by atoms with Crippen LogP contribution < -0.4 is 0 Å². The van der Waals surface area contributed by atoms with Gasteiger partial charge in [0.2, 0.25) is 0 Å². The minimum absolute atomic E-state index is 0. The Morgan fingerprint density at radius 2 is 2.29 bits per heavy atom. The summed E-state index contributed by atoms with van der Waals surface area (Å²) in [5.41, 5.74) is 0. The summed E-state index contributed by atoms with van der Waals surface area (Å²) in [5, 5.41) is 4.07. The van der Waals surface area contributed by atoms with E-state index in [1.165, 1.54) is 4.47 Å². The third-order valence-corrected chi connectivity index (χ3v) is 1.97. The van der Waals surface area contributed by atoms with Crippen LogP contribution in [0.15, 0.2) is 21.3 Å². The molecule has 0 aromatic carbocycles. The van der Waals surface area contributed by atoms with Crippen molar-refractivity contribution >= 4 is 46.1 Å². The van der Waals surface area contributed by atoms with Crippen LogP contribution in [0.25, 0.3) is 0 Å². The molecule has 0 unspecified atom stereocenters. The number of hydrogen-bond donors (Lipinski definition) is 0. The van der Waals surface area contributed by atoms with Crippen molar-refractivity contribution in [2.24, 2.45) is 0 Å². The topological polar surface area (TPSA) is 0 Å². The number of hydrogen-bond acceptors (Lipinski definition) is 1. The maximum atomic E-state index is 3.29. The van der Waals surface area contributed by atoms with Gasteiger partial charge in [0, 0.05) is 9.85 Å². The van der Waals surface area contributed by atoms with Gasteiger partial charge in [-0.2, -0.15) is 11.3 Å². The summed E-state index contributed by atoms with van der Waals surface area (Å²) in [5.74, 6) is 0. The van der Waals surface area contributed by atoms with Gasteiger partial charge in [-0.25, -0.2) is 0 Å². The quantitative estimate of drug-likeness (QED) is 0.522. The molecule has 1 aromatic heterocycles. The van der Waals surface area contributed by atoms with Gasteiger partial charge in [-0.1, -0.05) is 0 Å². The normalized spacial score (nSPS) is 7.57. The molecule has 0 spiro atoms. The van der Waals surface area contributed by atoms with Crippen molar-refractivity contribution in [2.45, 2.75) is 0 Å². The Morgan fingerprint density at radius 1 is 1.57 bits per heavy atom. The zero-order valence-electron chi connectivity index (χ0n) is 3.02. The van der Waals surface area contributed by atoms with E-state index >= 15 is 0 Å². The van der Waals surface area contributed by atoms with Crippen LogP contribution in [0.3, 0.4) is 0 Å². The second-order valence-corrected chi connectivity index (χ2v) is 2.64. The fraction of sp³-hybridized carbons (Fsp3) is 0. The molecule has 0 aliphatic rings. The second kappa shape index (κ2) is 3.74. The van der Waals surface area contributed by atoms with Gasteiger partial charge < -0.3 is 0 Å². The molecule has 0 radical (unpaired) electrons. The fourth-order valence-electron chi connectivity index (χ4n) is 0.248. The molecule has 1 rings (SSSR count). The van der Waals surface area contributed by atoms with Gasteiger partial charge in [-0.3, -0.25) is 0 Å². The third kappa shape index (κ3) is 2.56. The average Bonchev–Trinajstić information content (AvgIpc) is 1.86. The van der Waals surface area contributed by atoms with Gasteiger partial charge in [-0.15, -0.1) is 0 Å². The average molecular weight is 171 g/mol. The summed E-state index contributed by atoms with van der Waals surface area (Å²) in [6, 6.07) is 2.02. The number of thiophene rings is 1. The zero-order chi connectivity index (χ0) is 4.41. The molecule has 0 atom stereocenters. The number of halogens is 1. The Labute approximate surface area is 67.2 Å². The Kier molecular flexibility index (Phi) is 4.16. The molecule has 0 nitrogen and oxygen atoms in total. The van der Waals surface area contributed by atoms with Crippen molar-refractivity contribution in [3.8, 4) is 0 Å². The summed E-state index contributed by atoms with van der Waals surface area (Å²) in [7, 11) is 0. The van der Waals surface area contributed by atoms with Gasteiger partial charge in [0.05, 0.1) is 0 Å². The van der Waals surface area contributed by atoms with E-state index in [0.717, 1.165) is 0 Å². The SMILES string of the molecule is Brc1ccsc1.[LiH]. The molecule has 0 bridgehead atoms. The van der Waals surface area contributed by atoms with Crippen LogP contribution in [0.2, 0.25) is 0 Å². The Bertz CT molecular complexity index is 115. The first kappa shape index (κ1) is 7.78. The molecule has 0 fully saturated rings. The van der Waals surface area contributed by atoms with Crippen LogP contribution in [-0.4, -0.2) is 18.9 Å². The number of rotatable bonds is 0. The van der Waals surface area contributed by atoms with Crippen LogP contribution in [0.5, 0.6) is 0 Å². The first-order valence-corrected chi connectivity index (χ1v) is 3.31. The van der Waals surface area contributed by atoms with Crippen molar-refractivity contribution in [1.29, 1.82) is 0 Å². The first-order valence-electron chi connectivity index (χ1n) is 1.57. The zero-order valence-corrected chi connectivity index (χ0v) is 5.42. The maximum absolute atomic E-state index is 3.29. The van der Waals surface area contributed by atoms with Crippen molar-refractivity contribution in [3.05, 3.63) is 21.3 Å². The molecule has 7 heavy (non-hydrogen) atoms. The second-order valence-electron chi connectivity index (χ2n) is 0.942. The summed E-state index contributed by atoms with van der Waals surface area (Å²) in [6.07, 6.45) is 0. The van der Waals surface area contributed by atoms with Crippen LogP contribution in [0.4, 0.5) is 0 Å². The van der Waals surface area contributed by atoms with E-state index in [-0.39, 0.29) is 18.9 Å². The van der Waals surface area contributed by atoms with E-state index in [1.54, 1.807) is 11.3 Å². The fourth-order valence-corrected chi connectivity index (χ4v) is 1.39. The molecule has 34 valence electrons. The summed E-state index contributed by atoms with van der Waals surface area (Å²) < 4.78 is 1.17.